The monoisotopic (exact) mass is 212 g/mol. The quantitative estimate of drug-likeness (QED) is 0.835. The number of nitrogens with zero attached hydrogens (tertiary/aromatic N) is 1. The molecule has 1 aromatic heterocycles. The number of thiazole rings is 1. The standard InChI is InChI=1S/C11H20N2S/c1-5-6-8(12)9-7-14-10(13-9)11(2,3)4/h7-8H,5-6,12H2,1-4H3. The zero-order chi connectivity index (χ0) is 10.8. The van der Waals surface area contributed by atoms with Gasteiger partial charge in [0.25, 0.3) is 0 Å². The minimum absolute atomic E-state index is 0.118. The number of hydrogen-bond acceptors (Lipinski definition) is 3. The summed E-state index contributed by atoms with van der Waals surface area (Å²) >= 11 is 1.72. The average molecular weight is 212 g/mol. The van der Waals surface area contributed by atoms with Crippen molar-refractivity contribution in [2.45, 2.75) is 52.0 Å². The van der Waals surface area contributed by atoms with Crippen LogP contribution in [0.2, 0.25) is 0 Å². The highest BCUT2D eigenvalue weighted by atomic mass is 32.1. The van der Waals surface area contributed by atoms with Gasteiger partial charge in [-0.25, -0.2) is 4.98 Å². The second-order valence-electron chi connectivity index (χ2n) is 4.72. The van der Waals surface area contributed by atoms with Gasteiger partial charge >= 0.3 is 0 Å². The molecule has 0 amide bonds. The minimum Gasteiger partial charge on any atom is -0.323 e. The fraction of sp³-hybridized carbons (Fsp3) is 0.727. The van der Waals surface area contributed by atoms with Crippen LogP contribution in [0.15, 0.2) is 5.38 Å². The summed E-state index contributed by atoms with van der Waals surface area (Å²) in [7, 11) is 0. The van der Waals surface area contributed by atoms with Crippen LogP contribution in [-0.4, -0.2) is 4.98 Å². The maximum atomic E-state index is 6.01. The summed E-state index contributed by atoms with van der Waals surface area (Å²) in [6.07, 6.45) is 2.14. The molecule has 0 aliphatic carbocycles. The molecule has 0 aliphatic rings. The molecule has 1 atom stereocenters. The summed E-state index contributed by atoms with van der Waals surface area (Å²) in [5.74, 6) is 0. The lowest BCUT2D eigenvalue weighted by molar-refractivity contribution is 0.571. The van der Waals surface area contributed by atoms with Crippen LogP contribution in [0.5, 0.6) is 0 Å². The lowest BCUT2D eigenvalue weighted by Crippen LogP contribution is -2.13. The fourth-order valence-corrected chi connectivity index (χ4v) is 2.23. The highest BCUT2D eigenvalue weighted by molar-refractivity contribution is 7.09. The SMILES string of the molecule is CCCC(N)c1csc(C(C)(C)C)n1. The molecule has 1 heterocycles. The van der Waals surface area contributed by atoms with E-state index in [9.17, 15) is 0 Å². The van der Waals surface area contributed by atoms with E-state index in [-0.39, 0.29) is 11.5 Å². The van der Waals surface area contributed by atoms with E-state index < -0.39 is 0 Å². The van der Waals surface area contributed by atoms with Crippen molar-refractivity contribution in [3.05, 3.63) is 16.1 Å². The first-order valence-corrected chi connectivity index (χ1v) is 6.04. The molecule has 1 rings (SSSR count). The van der Waals surface area contributed by atoms with E-state index in [4.69, 9.17) is 5.73 Å². The molecule has 0 bridgehead atoms. The number of hydrogen-bond donors (Lipinski definition) is 1. The Labute approximate surface area is 90.6 Å². The normalized spacial score (nSPS) is 14.4. The molecule has 2 nitrogen and oxygen atoms in total. The third-order valence-corrected chi connectivity index (χ3v) is 3.43. The molecule has 3 heteroatoms. The molecule has 80 valence electrons. The third-order valence-electron chi connectivity index (χ3n) is 2.14. The summed E-state index contributed by atoms with van der Waals surface area (Å²) in [4.78, 5) is 4.59. The van der Waals surface area contributed by atoms with Crippen LogP contribution in [0, 0.1) is 0 Å². The van der Waals surface area contributed by atoms with Crippen molar-refractivity contribution in [1.82, 2.24) is 4.98 Å². The van der Waals surface area contributed by atoms with E-state index in [1.807, 2.05) is 0 Å². The van der Waals surface area contributed by atoms with Gasteiger partial charge in [-0.2, -0.15) is 0 Å². The molecule has 0 spiro atoms. The molecule has 0 aromatic carbocycles. The first kappa shape index (κ1) is 11.7. The molecular weight excluding hydrogens is 192 g/mol. The van der Waals surface area contributed by atoms with Crippen molar-refractivity contribution in [1.29, 1.82) is 0 Å². The van der Waals surface area contributed by atoms with E-state index >= 15 is 0 Å². The number of aromatic nitrogens is 1. The Kier molecular flexibility index (Phi) is 3.67. The van der Waals surface area contributed by atoms with Gasteiger partial charge in [0, 0.05) is 16.8 Å². The fourth-order valence-electron chi connectivity index (χ4n) is 1.26. The number of nitrogens with two attached hydrogens (primary N) is 1. The van der Waals surface area contributed by atoms with E-state index in [2.05, 4.69) is 38.1 Å². The van der Waals surface area contributed by atoms with Gasteiger partial charge in [-0.15, -0.1) is 11.3 Å². The average Bonchev–Trinajstić information content (AvgIpc) is 2.51. The van der Waals surface area contributed by atoms with Crippen molar-refractivity contribution in [2.75, 3.05) is 0 Å². The molecular formula is C11H20N2S. The molecule has 0 radical (unpaired) electrons. The molecule has 0 aliphatic heterocycles. The molecule has 0 fully saturated rings. The maximum Gasteiger partial charge on any atom is 0.0982 e. The second-order valence-corrected chi connectivity index (χ2v) is 5.58. The summed E-state index contributed by atoms with van der Waals surface area (Å²) in [6.45, 7) is 8.69. The Morgan fingerprint density at radius 3 is 2.57 bits per heavy atom. The predicted molar refractivity (Wildman–Crippen MR) is 62.7 cm³/mol. The van der Waals surface area contributed by atoms with Gasteiger partial charge in [-0.3, -0.25) is 0 Å². The van der Waals surface area contributed by atoms with Crippen molar-refractivity contribution < 1.29 is 0 Å². The van der Waals surface area contributed by atoms with E-state index in [1.54, 1.807) is 11.3 Å². The zero-order valence-electron chi connectivity index (χ0n) is 9.50. The lowest BCUT2D eigenvalue weighted by atomic mass is 9.98. The first-order valence-electron chi connectivity index (χ1n) is 5.16. The van der Waals surface area contributed by atoms with Crippen LogP contribution in [0.3, 0.4) is 0 Å². The van der Waals surface area contributed by atoms with Gasteiger partial charge in [0.2, 0.25) is 0 Å². The maximum absolute atomic E-state index is 6.01. The Morgan fingerprint density at radius 2 is 2.14 bits per heavy atom. The van der Waals surface area contributed by atoms with Crippen LogP contribution in [-0.2, 0) is 5.41 Å². The van der Waals surface area contributed by atoms with Crippen LogP contribution in [0.4, 0.5) is 0 Å². The zero-order valence-corrected chi connectivity index (χ0v) is 10.3. The Balaban J connectivity index is 2.78. The molecule has 14 heavy (non-hydrogen) atoms. The lowest BCUT2D eigenvalue weighted by Gasteiger charge is -2.14. The third kappa shape index (κ3) is 2.79. The van der Waals surface area contributed by atoms with E-state index in [1.165, 1.54) is 5.01 Å². The Bertz CT molecular complexity index is 286. The summed E-state index contributed by atoms with van der Waals surface area (Å²) in [5, 5.41) is 3.28. The van der Waals surface area contributed by atoms with Crippen LogP contribution < -0.4 is 5.73 Å². The van der Waals surface area contributed by atoms with Crippen molar-refractivity contribution in [3.8, 4) is 0 Å². The van der Waals surface area contributed by atoms with Crippen LogP contribution in [0.1, 0.15) is 57.3 Å². The van der Waals surface area contributed by atoms with E-state index in [0.29, 0.717) is 0 Å². The van der Waals surface area contributed by atoms with Crippen LogP contribution >= 0.6 is 11.3 Å². The molecule has 1 unspecified atom stereocenters. The molecule has 1 aromatic rings. The van der Waals surface area contributed by atoms with E-state index in [0.717, 1.165) is 18.5 Å². The van der Waals surface area contributed by atoms with Gasteiger partial charge in [-0.05, 0) is 6.42 Å². The van der Waals surface area contributed by atoms with Gasteiger partial charge in [0.05, 0.1) is 10.7 Å². The highest BCUT2D eigenvalue weighted by Crippen LogP contribution is 2.28. The Hall–Kier alpha value is -0.410. The second kappa shape index (κ2) is 4.41. The number of rotatable bonds is 3. The van der Waals surface area contributed by atoms with Gasteiger partial charge in [-0.1, -0.05) is 34.1 Å². The van der Waals surface area contributed by atoms with Gasteiger partial charge in [0.1, 0.15) is 0 Å². The molecule has 0 saturated heterocycles. The van der Waals surface area contributed by atoms with Crippen molar-refractivity contribution >= 4 is 11.3 Å². The Morgan fingerprint density at radius 1 is 1.50 bits per heavy atom. The molecule has 2 N–H and O–H groups in total. The van der Waals surface area contributed by atoms with Gasteiger partial charge < -0.3 is 5.73 Å². The minimum atomic E-state index is 0.118. The summed E-state index contributed by atoms with van der Waals surface area (Å²) in [5.41, 5.74) is 7.21. The first-order chi connectivity index (χ1) is 6.45. The topological polar surface area (TPSA) is 38.9 Å². The summed E-state index contributed by atoms with van der Waals surface area (Å²) in [6, 6.07) is 0.118. The van der Waals surface area contributed by atoms with Crippen molar-refractivity contribution in [3.63, 3.8) is 0 Å². The predicted octanol–water partition coefficient (Wildman–Crippen LogP) is 3.24. The van der Waals surface area contributed by atoms with Crippen LogP contribution in [0.25, 0.3) is 0 Å². The molecule has 0 saturated carbocycles. The highest BCUT2D eigenvalue weighted by Gasteiger charge is 2.19. The largest absolute Gasteiger partial charge is 0.323 e. The summed E-state index contributed by atoms with van der Waals surface area (Å²) < 4.78 is 0. The van der Waals surface area contributed by atoms with Gasteiger partial charge in [0.15, 0.2) is 0 Å². The smallest absolute Gasteiger partial charge is 0.0982 e. The van der Waals surface area contributed by atoms with Crippen molar-refractivity contribution in [2.24, 2.45) is 5.73 Å².